The van der Waals surface area contributed by atoms with Crippen LogP contribution in [-0.4, -0.2) is 57.6 Å². The Morgan fingerprint density at radius 1 is 1.43 bits per heavy atom. The van der Waals surface area contributed by atoms with Crippen LogP contribution in [0.3, 0.4) is 0 Å². The first kappa shape index (κ1) is 16.9. The van der Waals surface area contributed by atoms with Gasteiger partial charge in [-0.25, -0.2) is 0 Å². The Morgan fingerprint density at radius 3 is 2.87 bits per heavy atom. The molecular weight excluding hydrogens is 292 g/mol. The molecule has 124 valence electrons. The molecule has 0 unspecified atom stereocenters. The number of likely N-dealkylation sites (N-methyl/N-ethyl adjacent to an activating group) is 1. The summed E-state index contributed by atoms with van der Waals surface area (Å²) in [5, 5.41) is 5.67. The summed E-state index contributed by atoms with van der Waals surface area (Å²) in [7, 11) is 5.03. The van der Waals surface area contributed by atoms with E-state index in [1.807, 2.05) is 12.1 Å². The van der Waals surface area contributed by atoms with Gasteiger partial charge in [0.2, 0.25) is 5.91 Å². The lowest BCUT2D eigenvalue weighted by atomic mass is 9.99. The standard InChI is InChI=1S/C17H24N4O2/c1-18-16(22)12-20-17(19-2)21-9-7-13(8-10-21)14-5-4-6-15(11-14)23-3/h4-7,11H,8-10,12H2,1-3H3,(H,18,22)(H,19,20). The Hall–Kier alpha value is -2.50. The Kier molecular flexibility index (Phi) is 6.02. The van der Waals surface area contributed by atoms with Crippen LogP contribution in [0.5, 0.6) is 5.75 Å². The van der Waals surface area contributed by atoms with Crippen molar-refractivity contribution in [1.82, 2.24) is 15.5 Å². The third-order valence-corrected chi connectivity index (χ3v) is 3.85. The minimum Gasteiger partial charge on any atom is -0.497 e. The second kappa shape index (κ2) is 8.22. The zero-order chi connectivity index (χ0) is 16.7. The summed E-state index contributed by atoms with van der Waals surface area (Å²) < 4.78 is 5.28. The van der Waals surface area contributed by atoms with Gasteiger partial charge in [0, 0.05) is 27.2 Å². The highest BCUT2D eigenvalue weighted by Crippen LogP contribution is 2.25. The molecule has 0 radical (unpaired) electrons. The molecule has 0 bridgehead atoms. The number of rotatable bonds is 4. The molecule has 1 aliphatic rings. The predicted octanol–water partition coefficient (Wildman–Crippen LogP) is 1.11. The van der Waals surface area contributed by atoms with E-state index in [-0.39, 0.29) is 12.5 Å². The van der Waals surface area contributed by atoms with Gasteiger partial charge < -0.3 is 20.3 Å². The van der Waals surface area contributed by atoms with Crippen molar-refractivity contribution in [3.05, 3.63) is 35.9 Å². The van der Waals surface area contributed by atoms with Crippen LogP contribution in [0.4, 0.5) is 0 Å². The average Bonchev–Trinajstić information content (AvgIpc) is 2.62. The van der Waals surface area contributed by atoms with Crippen LogP contribution in [0.15, 0.2) is 35.3 Å². The lowest BCUT2D eigenvalue weighted by Gasteiger charge is -2.29. The van der Waals surface area contributed by atoms with Gasteiger partial charge in [0.25, 0.3) is 0 Å². The number of amides is 1. The molecule has 0 fully saturated rings. The quantitative estimate of drug-likeness (QED) is 0.645. The van der Waals surface area contributed by atoms with Crippen molar-refractivity contribution >= 4 is 17.4 Å². The second-order valence-corrected chi connectivity index (χ2v) is 5.23. The molecule has 1 amide bonds. The van der Waals surface area contributed by atoms with Crippen LogP contribution < -0.4 is 15.4 Å². The highest BCUT2D eigenvalue weighted by Gasteiger charge is 2.16. The van der Waals surface area contributed by atoms with Crippen molar-refractivity contribution in [2.75, 3.05) is 40.8 Å². The van der Waals surface area contributed by atoms with Crippen molar-refractivity contribution in [2.45, 2.75) is 6.42 Å². The topological polar surface area (TPSA) is 66.0 Å². The summed E-state index contributed by atoms with van der Waals surface area (Å²) in [5.74, 6) is 1.55. The van der Waals surface area contributed by atoms with E-state index in [9.17, 15) is 4.79 Å². The van der Waals surface area contributed by atoms with Crippen LogP contribution in [0, 0.1) is 0 Å². The first-order valence-corrected chi connectivity index (χ1v) is 7.67. The zero-order valence-corrected chi connectivity index (χ0v) is 13.9. The van der Waals surface area contributed by atoms with Crippen molar-refractivity contribution in [3.8, 4) is 5.75 Å². The van der Waals surface area contributed by atoms with Crippen LogP contribution in [0.1, 0.15) is 12.0 Å². The van der Waals surface area contributed by atoms with Gasteiger partial charge in [-0.15, -0.1) is 0 Å². The fourth-order valence-electron chi connectivity index (χ4n) is 2.53. The second-order valence-electron chi connectivity index (χ2n) is 5.23. The maximum absolute atomic E-state index is 11.3. The number of guanidine groups is 1. The SMILES string of the molecule is CN=C(NCC(=O)NC)N1CC=C(c2cccc(OC)c2)CC1. The van der Waals surface area contributed by atoms with E-state index in [1.54, 1.807) is 21.2 Å². The number of aliphatic imine (C=N–C) groups is 1. The van der Waals surface area contributed by atoms with E-state index in [4.69, 9.17) is 4.74 Å². The molecule has 1 aromatic carbocycles. The zero-order valence-electron chi connectivity index (χ0n) is 13.9. The minimum absolute atomic E-state index is 0.0595. The van der Waals surface area contributed by atoms with E-state index in [2.05, 4.69) is 38.7 Å². The van der Waals surface area contributed by atoms with Gasteiger partial charge in [-0.1, -0.05) is 18.2 Å². The molecule has 23 heavy (non-hydrogen) atoms. The molecule has 0 aromatic heterocycles. The molecule has 1 aromatic rings. The maximum Gasteiger partial charge on any atom is 0.239 e. The molecule has 0 atom stereocenters. The fraction of sp³-hybridized carbons (Fsp3) is 0.412. The Balaban J connectivity index is 2.00. The van der Waals surface area contributed by atoms with Crippen molar-refractivity contribution in [1.29, 1.82) is 0 Å². The molecule has 6 heteroatoms. The van der Waals surface area contributed by atoms with Gasteiger partial charge >= 0.3 is 0 Å². The molecule has 0 saturated carbocycles. The first-order valence-electron chi connectivity index (χ1n) is 7.67. The summed E-state index contributed by atoms with van der Waals surface area (Å²) in [4.78, 5) is 17.7. The molecule has 6 nitrogen and oxygen atoms in total. The van der Waals surface area contributed by atoms with Gasteiger partial charge in [0.05, 0.1) is 13.7 Å². The van der Waals surface area contributed by atoms with E-state index in [0.29, 0.717) is 0 Å². The summed E-state index contributed by atoms with van der Waals surface area (Å²) in [6.07, 6.45) is 3.12. The van der Waals surface area contributed by atoms with Crippen LogP contribution in [0.25, 0.3) is 5.57 Å². The van der Waals surface area contributed by atoms with Crippen molar-refractivity contribution in [3.63, 3.8) is 0 Å². The summed E-state index contributed by atoms with van der Waals surface area (Å²) >= 11 is 0. The number of methoxy groups -OCH3 is 1. The van der Waals surface area contributed by atoms with Crippen LogP contribution in [0.2, 0.25) is 0 Å². The number of carbonyl (C=O) groups excluding carboxylic acids is 1. The van der Waals surface area contributed by atoms with Gasteiger partial charge in [-0.05, 0) is 29.7 Å². The highest BCUT2D eigenvalue weighted by atomic mass is 16.5. The molecule has 0 aliphatic carbocycles. The summed E-state index contributed by atoms with van der Waals surface area (Å²) in [6, 6.07) is 8.11. The third-order valence-electron chi connectivity index (χ3n) is 3.85. The first-order chi connectivity index (χ1) is 11.2. The van der Waals surface area contributed by atoms with E-state index >= 15 is 0 Å². The Bertz CT molecular complexity index is 610. The lowest BCUT2D eigenvalue weighted by molar-refractivity contribution is -0.119. The van der Waals surface area contributed by atoms with Crippen molar-refractivity contribution < 1.29 is 9.53 Å². The molecule has 0 saturated heterocycles. The number of hydrogen-bond donors (Lipinski definition) is 2. The van der Waals surface area contributed by atoms with Crippen LogP contribution in [-0.2, 0) is 4.79 Å². The van der Waals surface area contributed by atoms with Gasteiger partial charge in [0.1, 0.15) is 5.75 Å². The number of hydrogen-bond acceptors (Lipinski definition) is 3. The molecule has 1 heterocycles. The van der Waals surface area contributed by atoms with E-state index in [0.717, 1.165) is 31.2 Å². The van der Waals surface area contributed by atoms with E-state index in [1.165, 1.54) is 11.1 Å². The van der Waals surface area contributed by atoms with Crippen LogP contribution >= 0.6 is 0 Å². The molecule has 2 rings (SSSR count). The fourth-order valence-corrected chi connectivity index (χ4v) is 2.53. The number of ether oxygens (including phenoxy) is 1. The summed E-state index contributed by atoms with van der Waals surface area (Å²) in [6.45, 7) is 1.85. The third kappa shape index (κ3) is 4.48. The highest BCUT2D eigenvalue weighted by molar-refractivity contribution is 5.87. The van der Waals surface area contributed by atoms with E-state index < -0.39 is 0 Å². The maximum atomic E-state index is 11.3. The largest absolute Gasteiger partial charge is 0.497 e. The minimum atomic E-state index is -0.0595. The Morgan fingerprint density at radius 2 is 2.26 bits per heavy atom. The molecular formula is C17H24N4O2. The number of carbonyl (C=O) groups is 1. The van der Waals surface area contributed by atoms with Crippen molar-refractivity contribution in [2.24, 2.45) is 4.99 Å². The smallest absolute Gasteiger partial charge is 0.239 e. The average molecular weight is 316 g/mol. The van der Waals surface area contributed by atoms with Gasteiger partial charge in [0.15, 0.2) is 5.96 Å². The monoisotopic (exact) mass is 316 g/mol. The normalized spacial score (nSPS) is 15.0. The molecule has 0 spiro atoms. The molecule has 1 aliphatic heterocycles. The number of benzene rings is 1. The molecule has 2 N–H and O–H groups in total. The van der Waals surface area contributed by atoms with Gasteiger partial charge in [-0.2, -0.15) is 0 Å². The van der Waals surface area contributed by atoms with Gasteiger partial charge in [-0.3, -0.25) is 9.79 Å². The lowest BCUT2D eigenvalue weighted by Crippen LogP contribution is -2.46. The number of nitrogens with one attached hydrogen (secondary N) is 2. The Labute approximate surface area is 137 Å². The predicted molar refractivity (Wildman–Crippen MR) is 92.6 cm³/mol. The summed E-state index contributed by atoms with van der Waals surface area (Å²) in [5.41, 5.74) is 2.50. The number of nitrogens with zero attached hydrogens (tertiary/aromatic N) is 2.